The lowest BCUT2D eigenvalue weighted by Gasteiger charge is -2.28. The molecule has 0 aliphatic heterocycles. The van der Waals surface area contributed by atoms with E-state index in [1.807, 2.05) is 0 Å². The van der Waals surface area contributed by atoms with Crippen LogP contribution in [0.4, 0.5) is 17.6 Å². The van der Waals surface area contributed by atoms with Gasteiger partial charge >= 0.3 is 6.18 Å². The molecule has 0 saturated heterocycles. The third kappa shape index (κ3) is 4.67. The Kier molecular flexibility index (Phi) is 6.08. The van der Waals surface area contributed by atoms with Gasteiger partial charge in [0.25, 0.3) is 0 Å². The molecule has 3 rings (SSSR count). The Balaban J connectivity index is 1.78. The van der Waals surface area contributed by atoms with Crippen molar-refractivity contribution in [1.29, 1.82) is 0 Å². The highest BCUT2D eigenvalue weighted by atomic mass is 19.4. The number of carbonyl (C=O) groups is 1. The molecule has 0 unspecified atom stereocenters. The second kappa shape index (κ2) is 8.23. The molecule has 158 valence electrons. The number of hydrogen-bond donors (Lipinski definition) is 2. The minimum absolute atomic E-state index is 0.000528. The Labute approximate surface area is 168 Å². The zero-order valence-corrected chi connectivity index (χ0v) is 16.2. The van der Waals surface area contributed by atoms with Gasteiger partial charge in [-0.2, -0.15) is 13.2 Å². The monoisotopic (exact) mass is 410 g/mol. The number of hydrogen-bond acceptors (Lipinski definition) is 2. The lowest BCUT2D eigenvalue weighted by molar-refractivity contribution is -0.137. The molecule has 0 bridgehead atoms. The topological polar surface area (TPSA) is 55.1 Å². The van der Waals surface area contributed by atoms with Crippen LogP contribution in [0.3, 0.4) is 0 Å². The van der Waals surface area contributed by atoms with Crippen LogP contribution in [-0.2, 0) is 16.4 Å². The number of nitrogens with one attached hydrogen (secondary N) is 1. The maximum atomic E-state index is 14.5. The second-order valence-corrected chi connectivity index (χ2v) is 8.17. The number of amides is 1. The van der Waals surface area contributed by atoms with Crippen molar-refractivity contribution < 1.29 is 22.4 Å². The van der Waals surface area contributed by atoms with E-state index in [1.54, 1.807) is 0 Å². The van der Waals surface area contributed by atoms with Crippen molar-refractivity contribution in [2.24, 2.45) is 11.7 Å². The number of alkyl halides is 3. The van der Waals surface area contributed by atoms with Crippen LogP contribution in [0.15, 0.2) is 36.2 Å². The second-order valence-electron chi connectivity index (χ2n) is 8.17. The summed E-state index contributed by atoms with van der Waals surface area (Å²) in [6.07, 6.45) is 2.41. The lowest BCUT2D eigenvalue weighted by Crippen LogP contribution is -2.45. The van der Waals surface area contributed by atoms with Crippen LogP contribution in [0.5, 0.6) is 0 Å². The summed E-state index contributed by atoms with van der Waals surface area (Å²) in [5, 5.41) is 2.90. The average Bonchev–Trinajstić information content (AvgIpc) is 3.48. The van der Waals surface area contributed by atoms with Gasteiger partial charge in [0.05, 0.1) is 22.7 Å². The predicted molar refractivity (Wildman–Crippen MR) is 102 cm³/mol. The molecule has 3 nitrogen and oxygen atoms in total. The van der Waals surface area contributed by atoms with Gasteiger partial charge in [-0.25, -0.2) is 4.39 Å². The number of rotatable bonds is 6. The van der Waals surface area contributed by atoms with E-state index in [4.69, 9.17) is 5.73 Å². The van der Waals surface area contributed by atoms with Crippen LogP contribution in [0.25, 0.3) is 0 Å². The SMILES string of the molecule is C=C=C(N)[C@H](CC1CCCCC1)NC(=O)C1(c2ccc(C(F)(F)F)cc2F)CC1. The van der Waals surface area contributed by atoms with Gasteiger partial charge in [-0.3, -0.25) is 4.79 Å². The molecule has 1 amide bonds. The molecule has 3 N–H and O–H groups in total. The van der Waals surface area contributed by atoms with Gasteiger partial charge in [0, 0.05) is 5.56 Å². The van der Waals surface area contributed by atoms with E-state index in [2.05, 4.69) is 17.6 Å². The first-order valence-electron chi connectivity index (χ1n) is 10.0. The van der Waals surface area contributed by atoms with Gasteiger partial charge < -0.3 is 11.1 Å². The molecule has 2 aliphatic rings. The molecule has 1 atom stereocenters. The molecule has 7 heteroatoms. The first-order valence-corrected chi connectivity index (χ1v) is 10.0. The van der Waals surface area contributed by atoms with Gasteiger partial charge in [0.1, 0.15) is 5.82 Å². The van der Waals surface area contributed by atoms with Crippen LogP contribution in [-0.4, -0.2) is 11.9 Å². The third-order valence-electron chi connectivity index (χ3n) is 6.18. The summed E-state index contributed by atoms with van der Waals surface area (Å²) in [4.78, 5) is 13.0. The summed E-state index contributed by atoms with van der Waals surface area (Å²) in [5.41, 5.74) is 6.77. The Morgan fingerprint density at radius 3 is 2.45 bits per heavy atom. The van der Waals surface area contributed by atoms with E-state index in [9.17, 15) is 22.4 Å². The summed E-state index contributed by atoms with van der Waals surface area (Å²) in [6, 6.07) is 1.90. The molecule has 0 spiro atoms. The molecule has 2 fully saturated rings. The molecular weight excluding hydrogens is 384 g/mol. The number of carbonyl (C=O) groups excluding carboxylic acids is 1. The molecule has 1 aromatic rings. The number of benzene rings is 1. The average molecular weight is 410 g/mol. The Bertz CT molecular complexity index is 817. The summed E-state index contributed by atoms with van der Waals surface area (Å²) in [6.45, 7) is 3.56. The number of halogens is 4. The van der Waals surface area contributed by atoms with E-state index in [0.29, 0.717) is 36.9 Å². The summed E-state index contributed by atoms with van der Waals surface area (Å²) < 4.78 is 52.9. The maximum absolute atomic E-state index is 14.5. The Morgan fingerprint density at radius 1 is 1.28 bits per heavy atom. The summed E-state index contributed by atoms with van der Waals surface area (Å²) >= 11 is 0. The fraction of sp³-hybridized carbons (Fsp3) is 0.545. The van der Waals surface area contributed by atoms with Crippen LogP contribution in [0, 0.1) is 11.7 Å². The quantitative estimate of drug-likeness (QED) is 0.515. The van der Waals surface area contributed by atoms with Crippen molar-refractivity contribution in [3.63, 3.8) is 0 Å². The van der Waals surface area contributed by atoms with Crippen molar-refractivity contribution >= 4 is 5.91 Å². The number of nitrogens with two attached hydrogens (primary N) is 1. The predicted octanol–water partition coefficient (Wildman–Crippen LogP) is 4.96. The Morgan fingerprint density at radius 2 is 1.93 bits per heavy atom. The van der Waals surface area contributed by atoms with Crippen molar-refractivity contribution in [2.45, 2.75) is 69.0 Å². The van der Waals surface area contributed by atoms with E-state index < -0.39 is 34.9 Å². The first-order chi connectivity index (χ1) is 13.7. The van der Waals surface area contributed by atoms with Gasteiger partial charge in [-0.1, -0.05) is 44.7 Å². The van der Waals surface area contributed by atoms with Crippen LogP contribution in [0.1, 0.15) is 62.5 Å². The highest BCUT2D eigenvalue weighted by molar-refractivity contribution is 5.91. The molecule has 0 aromatic heterocycles. The fourth-order valence-electron chi connectivity index (χ4n) is 4.26. The van der Waals surface area contributed by atoms with Crippen LogP contribution >= 0.6 is 0 Å². The smallest absolute Gasteiger partial charge is 0.394 e. The molecule has 2 aliphatic carbocycles. The normalized spacial score (nSPS) is 19.9. The zero-order valence-electron chi connectivity index (χ0n) is 16.2. The molecule has 1 aromatic carbocycles. The van der Waals surface area contributed by atoms with Crippen molar-refractivity contribution in [3.05, 3.63) is 53.2 Å². The fourth-order valence-corrected chi connectivity index (χ4v) is 4.26. The van der Waals surface area contributed by atoms with Crippen LogP contribution in [0.2, 0.25) is 0 Å². The Hall–Kier alpha value is -2.27. The van der Waals surface area contributed by atoms with Gasteiger partial charge in [-0.15, -0.1) is 5.73 Å². The van der Waals surface area contributed by atoms with E-state index in [0.717, 1.165) is 37.8 Å². The molecule has 2 saturated carbocycles. The molecule has 0 heterocycles. The minimum Gasteiger partial charge on any atom is -0.394 e. The van der Waals surface area contributed by atoms with Gasteiger partial charge in [-0.05, 0) is 37.3 Å². The van der Waals surface area contributed by atoms with Gasteiger partial charge in [0.15, 0.2) is 0 Å². The third-order valence-corrected chi connectivity index (χ3v) is 6.18. The summed E-state index contributed by atoms with van der Waals surface area (Å²) in [7, 11) is 0. The van der Waals surface area contributed by atoms with Crippen molar-refractivity contribution in [3.8, 4) is 0 Å². The molecule has 29 heavy (non-hydrogen) atoms. The van der Waals surface area contributed by atoms with Crippen LogP contribution < -0.4 is 11.1 Å². The maximum Gasteiger partial charge on any atom is 0.416 e. The zero-order chi connectivity index (χ0) is 21.2. The lowest BCUT2D eigenvalue weighted by atomic mass is 9.84. The summed E-state index contributed by atoms with van der Waals surface area (Å²) in [5.74, 6) is -0.988. The molecular formula is C22H26F4N2O. The van der Waals surface area contributed by atoms with Crippen molar-refractivity contribution in [2.75, 3.05) is 0 Å². The molecule has 0 radical (unpaired) electrons. The largest absolute Gasteiger partial charge is 0.416 e. The van der Waals surface area contributed by atoms with Crippen molar-refractivity contribution in [1.82, 2.24) is 5.32 Å². The standard InChI is InChI=1S/C22H26F4N2O/c1-2-18(27)19(12-14-6-4-3-5-7-14)28-20(29)21(10-11-21)16-9-8-15(13-17(16)23)22(24,25)26/h8-9,13-14,19H,1,3-7,10-12,27H2,(H,28,29)/t19-/m0/s1. The highest BCUT2D eigenvalue weighted by Crippen LogP contribution is 2.50. The van der Waals surface area contributed by atoms with E-state index >= 15 is 0 Å². The van der Waals surface area contributed by atoms with E-state index in [-0.39, 0.29) is 5.56 Å². The minimum atomic E-state index is -4.63. The van der Waals surface area contributed by atoms with Gasteiger partial charge in [0.2, 0.25) is 5.91 Å². The van der Waals surface area contributed by atoms with E-state index in [1.165, 1.54) is 6.42 Å². The first kappa shape index (κ1) is 21.4. The highest BCUT2D eigenvalue weighted by Gasteiger charge is 2.53.